The van der Waals surface area contributed by atoms with Gasteiger partial charge in [-0.3, -0.25) is 9.69 Å². The molecule has 1 aliphatic rings. The maximum Gasteiger partial charge on any atom is 0.415 e. The SMILES string of the molecule is C#Cc1nn(C2CN(C(=O)O)C2)c(N(C)C(=O)OC(C)(C)C)c1C(N)=O. The van der Waals surface area contributed by atoms with Crippen molar-refractivity contribution in [1.82, 2.24) is 14.7 Å². The standard InChI is InChI=1S/C16H21N5O5/c1-6-10-11(12(17)22)13(19(5)15(25)26-16(2,3)4)21(18-10)9-7-20(8-9)14(23)24/h1,9H,7-8H2,2-5H3,(H2,17,22)(H,23,24). The number of likely N-dealkylation sites (tertiary alicyclic amines) is 1. The first-order valence-corrected chi connectivity index (χ1v) is 7.79. The predicted octanol–water partition coefficient (Wildman–Crippen LogP) is 0.869. The Bertz CT molecular complexity index is 795. The van der Waals surface area contributed by atoms with Gasteiger partial charge in [0, 0.05) is 20.1 Å². The molecule has 0 spiro atoms. The number of amides is 3. The van der Waals surface area contributed by atoms with Gasteiger partial charge in [0.25, 0.3) is 5.91 Å². The molecule has 0 radical (unpaired) electrons. The van der Waals surface area contributed by atoms with Crippen LogP contribution in [0, 0.1) is 12.3 Å². The first-order chi connectivity index (χ1) is 12.0. The number of nitrogens with zero attached hydrogens (tertiary/aromatic N) is 4. The number of nitrogens with two attached hydrogens (primary N) is 1. The molecule has 10 heteroatoms. The maximum atomic E-state index is 12.4. The van der Waals surface area contributed by atoms with Gasteiger partial charge < -0.3 is 20.5 Å². The monoisotopic (exact) mass is 363 g/mol. The summed E-state index contributed by atoms with van der Waals surface area (Å²) in [6, 6.07) is -0.383. The summed E-state index contributed by atoms with van der Waals surface area (Å²) in [7, 11) is 1.40. The van der Waals surface area contributed by atoms with Crippen molar-refractivity contribution >= 4 is 23.9 Å². The summed E-state index contributed by atoms with van der Waals surface area (Å²) < 4.78 is 6.67. The summed E-state index contributed by atoms with van der Waals surface area (Å²) in [5.41, 5.74) is 4.57. The number of carboxylic acid groups (broad SMARTS) is 1. The lowest BCUT2D eigenvalue weighted by Crippen LogP contribution is -2.51. The quantitative estimate of drug-likeness (QED) is 0.766. The number of anilines is 1. The molecule has 0 saturated carbocycles. The predicted molar refractivity (Wildman–Crippen MR) is 92.0 cm³/mol. The zero-order valence-electron chi connectivity index (χ0n) is 15.0. The number of aromatic nitrogens is 2. The van der Waals surface area contributed by atoms with Crippen molar-refractivity contribution in [2.45, 2.75) is 32.4 Å². The third-order valence-corrected chi connectivity index (χ3v) is 3.73. The molecular formula is C16H21N5O5. The Morgan fingerprint density at radius 3 is 2.38 bits per heavy atom. The molecule has 0 unspecified atom stereocenters. The van der Waals surface area contributed by atoms with Gasteiger partial charge in [-0.1, -0.05) is 0 Å². The van der Waals surface area contributed by atoms with Crippen LogP contribution in [0.5, 0.6) is 0 Å². The molecule has 0 aliphatic carbocycles. The van der Waals surface area contributed by atoms with Crippen LogP contribution in [-0.4, -0.2) is 63.6 Å². The second-order valence-electron chi connectivity index (χ2n) is 6.88. The molecule has 10 nitrogen and oxygen atoms in total. The van der Waals surface area contributed by atoms with Gasteiger partial charge in [-0.15, -0.1) is 6.42 Å². The van der Waals surface area contributed by atoms with E-state index in [-0.39, 0.29) is 36.2 Å². The van der Waals surface area contributed by atoms with Crippen molar-refractivity contribution < 1.29 is 24.2 Å². The van der Waals surface area contributed by atoms with Gasteiger partial charge in [-0.2, -0.15) is 5.10 Å². The number of hydrogen-bond donors (Lipinski definition) is 2. The molecule has 1 fully saturated rings. The number of hydrogen-bond acceptors (Lipinski definition) is 5. The molecule has 2 heterocycles. The van der Waals surface area contributed by atoms with Crippen molar-refractivity contribution in [1.29, 1.82) is 0 Å². The van der Waals surface area contributed by atoms with E-state index in [1.165, 1.54) is 16.6 Å². The van der Waals surface area contributed by atoms with Crippen LogP contribution in [0.15, 0.2) is 0 Å². The average molecular weight is 363 g/mol. The smallest absolute Gasteiger partial charge is 0.415 e. The lowest BCUT2D eigenvalue weighted by atomic mass is 10.1. The number of carbonyl (C=O) groups excluding carboxylic acids is 2. The Morgan fingerprint density at radius 2 is 1.96 bits per heavy atom. The molecule has 1 aromatic heterocycles. The highest BCUT2D eigenvalue weighted by molar-refractivity contribution is 6.03. The Kier molecular flexibility index (Phi) is 4.84. The molecular weight excluding hydrogens is 342 g/mol. The van der Waals surface area contributed by atoms with Crippen LogP contribution in [0.25, 0.3) is 0 Å². The number of primary amides is 1. The normalized spacial score (nSPS) is 14.3. The molecule has 0 atom stereocenters. The van der Waals surface area contributed by atoms with E-state index in [1.807, 2.05) is 0 Å². The highest BCUT2D eigenvalue weighted by Gasteiger charge is 2.38. The van der Waals surface area contributed by atoms with E-state index in [0.29, 0.717) is 0 Å². The Hall–Kier alpha value is -3.22. The minimum absolute atomic E-state index is 0.0170. The van der Waals surface area contributed by atoms with Crippen molar-refractivity contribution in [3.05, 3.63) is 11.3 Å². The van der Waals surface area contributed by atoms with Gasteiger partial charge in [0.05, 0.1) is 6.04 Å². The molecule has 0 bridgehead atoms. The van der Waals surface area contributed by atoms with Gasteiger partial charge in [0.2, 0.25) is 0 Å². The molecule has 26 heavy (non-hydrogen) atoms. The van der Waals surface area contributed by atoms with E-state index >= 15 is 0 Å². The molecule has 2 rings (SSSR count). The van der Waals surface area contributed by atoms with Gasteiger partial charge in [0.1, 0.15) is 16.9 Å². The van der Waals surface area contributed by atoms with Crippen LogP contribution in [0.3, 0.4) is 0 Å². The minimum Gasteiger partial charge on any atom is -0.465 e. The highest BCUT2D eigenvalue weighted by Crippen LogP contribution is 2.31. The van der Waals surface area contributed by atoms with E-state index in [2.05, 4.69) is 11.0 Å². The summed E-state index contributed by atoms with van der Waals surface area (Å²) in [4.78, 5) is 37.6. The second-order valence-corrected chi connectivity index (χ2v) is 6.88. The first kappa shape index (κ1) is 19.1. The van der Waals surface area contributed by atoms with Gasteiger partial charge in [-0.25, -0.2) is 14.3 Å². The van der Waals surface area contributed by atoms with E-state index in [9.17, 15) is 14.4 Å². The Labute approximate surface area is 150 Å². The zero-order valence-corrected chi connectivity index (χ0v) is 15.0. The lowest BCUT2D eigenvalue weighted by Gasteiger charge is -2.38. The summed E-state index contributed by atoms with van der Waals surface area (Å²) >= 11 is 0. The van der Waals surface area contributed by atoms with Crippen molar-refractivity contribution in [3.63, 3.8) is 0 Å². The van der Waals surface area contributed by atoms with Crippen LogP contribution in [0.4, 0.5) is 15.4 Å². The van der Waals surface area contributed by atoms with Crippen molar-refractivity contribution in [3.8, 4) is 12.3 Å². The van der Waals surface area contributed by atoms with E-state index in [0.717, 1.165) is 4.90 Å². The van der Waals surface area contributed by atoms with E-state index < -0.39 is 23.7 Å². The Morgan fingerprint density at radius 1 is 1.38 bits per heavy atom. The van der Waals surface area contributed by atoms with Gasteiger partial charge >= 0.3 is 12.2 Å². The van der Waals surface area contributed by atoms with Crippen LogP contribution in [0.1, 0.15) is 42.9 Å². The number of rotatable bonds is 3. The van der Waals surface area contributed by atoms with Gasteiger partial charge in [-0.05, 0) is 26.7 Å². The van der Waals surface area contributed by atoms with Crippen LogP contribution in [-0.2, 0) is 4.74 Å². The molecule has 3 amide bonds. The first-order valence-electron chi connectivity index (χ1n) is 7.79. The van der Waals surface area contributed by atoms with Crippen LogP contribution >= 0.6 is 0 Å². The second kappa shape index (κ2) is 6.59. The zero-order chi connectivity index (χ0) is 19.8. The third-order valence-electron chi connectivity index (χ3n) is 3.73. The molecule has 1 saturated heterocycles. The summed E-state index contributed by atoms with van der Waals surface area (Å²) in [6.45, 7) is 5.40. The number of ether oxygens (including phenoxy) is 1. The maximum absolute atomic E-state index is 12.4. The largest absolute Gasteiger partial charge is 0.465 e. The molecule has 0 aromatic carbocycles. The van der Waals surface area contributed by atoms with Crippen molar-refractivity contribution in [2.24, 2.45) is 5.73 Å². The van der Waals surface area contributed by atoms with Crippen molar-refractivity contribution in [2.75, 3.05) is 25.0 Å². The average Bonchev–Trinajstić information content (AvgIpc) is 2.81. The summed E-state index contributed by atoms with van der Waals surface area (Å²) in [5.74, 6) is 1.51. The van der Waals surface area contributed by atoms with Crippen LogP contribution < -0.4 is 10.6 Å². The summed E-state index contributed by atoms with van der Waals surface area (Å²) in [6.07, 6.45) is 3.62. The third kappa shape index (κ3) is 3.56. The topological polar surface area (TPSA) is 131 Å². The fraction of sp³-hybridized carbons (Fsp3) is 0.500. The molecule has 3 N–H and O–H groups in total. The number of carbonyl (C=O) groups is 3. The number of terminal acetylenes is 1. The molecule has 1 aliphatic heterocycles. The fourth-order valence-electron chi connectivity index (χ4n) is 2.51. The Balaban J connectivity index is 2.46. The fourth-order valence-corrected chi connectivity index (χ4v) is 2.51. The molecule has 140 valence electrons. The lowest BCUT2D eigenvalue weighted by molar-refractivity contribution is 0.0577. The minimum atomic E-state index is -1.07. The highest BCUT2D eigenvalue weighted by atomic mass is 16.6. The molecule has 1 aromatic rings. The van der Waals surface area contributed by atoms with Crippen LogP contribution in [0.2, 0.25) is 0 Å². The van der Waals surface area contributed by atoms with E-state index in [1.54, 1.807) is 20.8 Å². The van der Waals surface area contributed by atoms with E-state index in [4.69, 9.17) is 22.0 Å². The van der Waals surface area contributed by atoms with Gasteiger partial charge in [0.15, 0.2) is 5.82 Å². The summed E-state index contributed by atoms with van der Waals surface area (Å²) in [5, 5.41) is 13.2.